The zero-order valence-corrected chi connectivity index (χ0v) is 41.2. The van der Waals surface area contributed by atoms with Gasteiger partial charge in [0.25, 0.3) is 0 Å². The summed E-state index contributed by atoms with van der Waals surface area (Å²) < 4.78 is 47.7. The van der Waals surface area contributed by atoms with Gasteiger partial charge >= 0.3 is 27.6 Å². The second-order valence-electron chi connectivity index (χ2n) is 15.0. The molecule has 6 N–H and O–H groups in total. The third-order valence-electron chi connectivity index (χ3n) is 8.70. The quantitative estimate of drug-likeness (QED) is 0.0110. The molecule has 0 saturated carbocycles. The van der Waals surface area contributed by atoms with Gasteiger partial charge in [0.1, 0.15) is 12.7 Å². The highest BCUT2D eigenvalue weighted by Crippen LogP contribution is 2.43. The van der Waals surface area contributed by atoms with E-state index in [9.17, 15) is 38.9 Å². The summed E-state index contributed by atoms with van der Waals surface area (Å²) >= 11 is 0. The Bertz CT molecular complexity index is 1720. The molecule has 1 unspecified atom stereocenters. The van der Waals surface area contributed by atoms with Crippen molar-refractivity contribution in [3.63, 3.8) is 0 Å². The number of ether oxygens (including phenoxy) is 2. The second-order valence-corrected chi connectivity index (χ2v) is 17.7. The number of hydrogen-bond acceptors (Lipinski definition) is 12. The van der Waals surface area contributed by atoms with Crippen LogP contribution in [0.1, 0.15) is 117 Å². The lowest BCUT2D eigenvalue weighted by atomic mass is 10.1. The van der Waals surface area contributed by atoms with Gasteiger partial charge in [-0.05, 0) is 83.5 Å². The zero-order chi connectivity index (χ0) is 49.7. The maximum absolute atomic E-state index is 12.7. The fourth-order valence-corrected chi connectivity index (χ4v) is 6.39. The number of carbonyl (C=O) groups excluding carboxylic acids is 2. The number of aliphatic hydroxyl groups is 3. The Labute approximate surface area is 399 Å². The molecule has 0 aliphatic rings. The Morgan fingerprint density at radius 1 is 0.507 bits per heavy atom. The van der Waals surface area contributed by atoms with Crippen molar-refractivity contribution in [3.8, 4) is 0 Å². The summed E-state index contributed by atoms with van der Waals surface area (Å²) in [5, 5.41) is 29.8. The molecule has 0 aromatic heterocycles. The molecule has 0 saturated heterocycles. The summed E-state index contributed by atoms with van der Waals surface area (Å²) in [5.74, 6) is -1.27. The van der Waals surface area contributed by atoms with Crippen LogP contribution in [-0.2, 0) is 41.8 Å². The van der Waals surface area contributed by atoms with Crippen molar-refractivity contribution in [1.82, 2.24) is 0 Å². The Morgan fingerprint density at radius 2 is 1.03 bits per heavy atom. The Morgan fingerprint density at radius 3 is 1.66 bits per heavy atom. The van der Waals surface area contributed by atoms with Crippen molar-refractivity contribution in [3.05, 3.63) is 134 Å². The van der Waals surface area contributed by atoms with Gasteiger partial charge < -0.3 is 39.5 Å². The average Bonchev–Trinajstić information content (AvgIpc) is 3.28. The lowest BCUT2D eigenvalue weighted by Crippen LogP contribution is -2.29. The molecule has 0 aliphatic heterocycles. The third-order valence-corrected chi connectivity index (χ3v) is 10.1. The van der Waals surface area contributed by atoms with Gasteiger partial charge in [-0.3, -0.25) is 23.2 Å². The number of carbonyl (C=O) groups is 2. The number of phosphoric ester groups is 2. The fraction of sp³-hybridized carbons (Fsp3) is 0.520. The van der Waals surface area contributed by atoms with Gasteiger partial charge in [0.05, 0.1) is 32.0 Å². The standard InChI is InChI=1S/C50H78O15P2/c1-3-5-7-8-9-10-11-12-13-14-15-16-17-18-19-20-24-27-33-39-49(54)61-43-48(44-64-67(59,60)63-42-47(53)41-62-66(56,57)58)65-50(55)40-34-28-32-38-46(52)37-31-26-23-21-22-25-30-36-45(51)35-29-6-4-2/h5-7,9-10,12-13,15-16,18-19,22-23,25-26,29-32,36-38,45-48,51-53H,3-4,8,11,14,17,20-21,24,27-28,33-35,39-44H2,1-2H3,(H,59,60)(H2,56,57,58)/b7-5-,10-9-,13-12-,16-15-,19-18-,25-22-,26-23-,29-6-,36-30+,37-31+,38-32-/t45-,46-,47-,48+/m0/s1. The van der Waals surface area contributed by atoms with Gasteiger partial charge in [0, 0.05) is 12.8 Å². The molecule has 0 rings (SSSR count). The van der Waals surface area contributed by atoms with E-state index >= 15 is 0 Å². The Hall–Kier alpha value is -3.82. The first kappa shape index (κ1) is 63.2. The van der Waals surface area contributed by atoms with E-state index in [1.54, 1.807) is 42.5 Å². The van der Waals surface area contributed by atoms with Crippen molar-refractivity contribution in [2.45, 2.75) is 141 Å². The molecule has 15 nitrogen and oxygen atoms in total. The Balaban J connectivity index is 4.81. The number of phosphoric acid groups is 2. The van der Waals surface area contributed by atoms with Gasteiger partial charge in [-0.1, -0.05) is 154 Å². The van der Waals surface area contributed by atoms with Gasteiger partial charge in [-0.2, -0.15) is 0 Å². The maximum Gasteiger partial charge on any atom is 0.472 e. The number of allylic oxidation sites excluding steroid dienone is 18. The highest BCUT2D eigenvalue weighted by atomic mass is 31.2. The van der Waals surface area contributed by atoms with E-state index in [1.807, 2.05) is 37.3 Å². The summed E-state index contributed by atoms with van der Waals surface area (Å²) in [7, 11) is -9.79. The lowest BCUT2D eigenvalue weighted by molar-refractivity contribution is -0.161. The predicted octanol–water partition coefficient (Wildman–Crippen LogP) is 10.2. The molecular formula is C50H78O15P2. The SMILES string of the molecule is CC/C=C\C/C=C\C/C=C\C/C=C\C/C=C\CCCCCC(=O)OC[C@H](COP(=O)(O)OC[C@@H](O)COP(=O)(O)O)OC(=O)CCC/C=C\[C@@H](O)/C=C/C=C\C/C=C\C=C\[C@@H](O)C/C=C\CC. The minimum atomic E-state index is -4.90. The van der Waals surface area contributed by atoms with Crippen LogP contribution >= 0.6 is 15.6 Å². The van der Waals surface area contributed by atoms with Crippen LogP contribution in [0.15, 0.2) is 134 Å². The van der Waals surface area contributed by atoms with E-state index in [4.69, 9.17) is 23.8 Å². The van der Waals surface area contributed by atoms with E-state index in [-0.39, 0.29) is 12.8 Å². The molecule has 0 radical (unpaired) electrons. The van der Waals surface area contributed by atoms with Gasteiger partial charge in [-0.15, -0.1) is 0 Å². The second kappa shape index (κ2) is 43.5. The number of unbranched alkanes of at least 4 members (excludes halogenated alkanes) is 4. The molecule has 0 spiro atoms. The summed E-state index contributed by atoms with van der Waals surface area (Å²) in [5.41, 5.74) is 0. The molecule has 5 atom stereocenters. The molecule has 0 aromatic carbocycles. The summed E-state index contributed by atoms with van der Waals surface area (Å²) in [6, 6.07) is 0. The first-order chi connectivity index (χ1) is 32.2. The number of esters is 2. The maximum atomic E-state index is 12.7. The minimum Gasteiger partial charge on any atom is -0.462 e. The van der Waals surface area contributed by atoms with Crippen molar-refractivity contribution in [2.75, 3.05) is 26.4 Å². The van der Waals surface area contributed by atoms with E-state index in [2.05, 4.69) is 76.7 Å². The van der Waals surface area contributed by atoms with E-state index in [0.29, 0.717) is 32.1 Å². The summed E-state index contributed by atoms with van der Waals surface area (Å²) in [4.78, 5) is 52.8. The molecule has 67 heavy (non-hydrogen) atoms. The van der Waals surface area contributed by atoms with Crippen LogP contribution < -0.4 is 0 Å². The van der Waals surface area contributed by atoms with Gasteiger partial charge in [0.15, 0.2) is 6.10 Å². The molecule has 0 heterocycles. The van der Waals surface area contributed by atoms with Crippen LogP contribution in [0.2, 0.25) is 0 Å². The molecular weight excluding hydrogens is 902 g/mol. The fourth-order valence-electron chi connectivity index (χ4n) is 5.23. The number of hydrogen-bond donors (Lipinski definition) is 6. The zero-order valence-electron chi connectivity index (χ0n) is 39.4. The molecule has 0 aliphatic carbocycles. The molecule has 0 amide bonds. The highest BCUT2D eigenvalue weighted by molar-refractivity contribution is 7.47. The van der Waals surface area contributed by atoms with Crippen LogP contribution in [-0.4, -0.2) is 92.8 Å². The Kier molecular flexibility index (Phi) is 41.0. The highest BCUT2D eigenvalue weighted by Gasteiger charge is 2.28. The molecule has 0 fully saturated rings. The van der Waals surface area contributed by atoms with Gasteiger partial charge in [0.2, 0.25) is 0 Å². The molecule has 0 bridgehead atoms. The molecule has 17 heteroatoms. The van der Waals surface area contributed by atoms with Crippen LogP contribution in [0, 0.1) is 0 Å². The smallest absolute Gasteiger partial charge is 0.462 e. The van der Waals surface area contributed by atoms with Crippen LogP contribution in [0.25, 0.3) is 0 Å². The first-order valence-corrected chi connectivity index (χ1v) is 26.1. The van der Waals surface area contributed by atoms with Crippen molar-refractivity contribution in [2.24, 2.45) is 0 Å². The topological polar surface area (TPSA) is 236 Å². The predicted molar refractivity (Wildman–Crippen MR) is 264 cm³/mol. The van der Waals surface area contributed by atoms with Crippen LogP contribution in [0.3, 0.4) is 0 Å². The van der Waals surface area contributed by atoms with Crippen molar-refractivity contribution >= 4 is 27.6 Å². The third kappa shape index (κ3) is 47.1. The average molecular weight is 981 g/mol. The molecule has 378 valence electrons. The number of aliphatic hydroxyl groups excluding tert-OH is 3. The first-order valence-electron chi connectivity index (χ1n) is 23.1. The van der Waals surface area contributed by atoms with E-state index < -0.39 is 78.4 Å². The monoisotopic (exact) mass is 980 g/mol. The number of rotatable bonds is 41. The summed E-state index contributed by atoms with van der Waals surface area (Å²) in [6.07, 6.45) is 49.4. The van der Waals surface area contributed by atoms with E-state index in [0.717, 1.165) is 57.8 Å². The largest absolute Gasteiger partial charge is 0.472 e. The van der Waals surface area contributed by atoms with Crippen molar-refractivity contribution < 1.29 is 71.8 Å². The van der Waals surface area contributed by atoms with Crippen LogP contribution in [0.5, 0.6) is 0 Å². The lowest BCUT2D eigenvalue weighted by Gasteiger charge is -2.20. The molecule has 0 aromatic rings. The summed E-state index contributed by atoms with van der Waals surface area (Å²) in [6.45, 7) is 1.17. The van der Waals surface area contributed by atoms with Gasteiger partial charge in [-0.25, -0.2) is 9.13 Å². The minimum absolute atomic E-state index is 0.0715. The van der Waals surface area contributed by atoms with Crippen molar-refractivity contribution in [1.29, 1.82) is 0 Å². The van der Waals surface area contributed by atoms with E-state index in [1.165, 1.54) is 0 Å². The normalized spacial score (nSPS) is 16.0. The van der Waals surface area contributed by atoms with Crippen LogP contribution in [0.4, 0.5) is 0 Å².